The Morgan fingerprint density at radius 3 is 2.67 bits per heavy atom. The molecule has 2 N–H and O–H groups in total. The minimum absolute atomic E-state index is 0.108. The molecule has 0 radical (unpaired) electrons. The van der Waals surface area contributed by atoms with Gasteiger partial charge in [-0.15, -0.1) is 0 Å². The third-order valence-corrected chi connectivity index (χ3v) is 2.77. The van der Waals surface area contributed by atoms with Gasteiger partial charge in [-0.05, 0) is 22.6 Å². The molecule has 0 aliphatic heterocycles. The monoisotopic (exact) mass is 329 g/mol. The number of alkyl halides is 2. The second-order valence-electron chi connectivity index (χ2n) is 2.59. The Morgan fingerprint density at radius 1 is 1.67 bits per heavy atom. The second kappa shape index (κ2) is 4.75. The molecule has 0 bridgehead atoms. The summed E-state index contributed by atoms with van der Waals surface area (Å²) >= 11 is 1.48. The van der Waals surface area contributed by atoms with E-state index in [-0.39, 0.29) is 21.4 Å². The van der Waals surface area contributed by atoms with Gasteiger partial charge in [-0.3, -0.25) is 15.1 Å². The lowest BCUT2D eigenvalue weighted by molar-refractivity contribution is -0.386. The number of nitrogens with zero attached hydrogens (tertiary/aromatic N) is 2. The summed E-state index contributed by atoms with van der Waals surface area (Å²) in [4.78, 5) is 13.4. The van der Waals surface area contributed by atoms with Gasteiger partial charge in [-0.1, -0.05) is 0 Å². The number of pyridine rings is 1. The first kappa shape index (κ1) is 12.2. The standard InChI is InChI=1S/C7H6F2IN3O2/c8-7(9)5-4(10)6(13(14)15)3(1-11)2-12-5/h2,7H,1,11H2. The topological polar surface area (TPSA) is 82.0 Å². The summed E-state index contributed by atoms with van der Waals surface area (Å²) in [7, 11) is 0. The molecular weight excluding hydrogens is 323 g/mol. The Bertz CT molecular complexity index is 400. The Morgan fingerprint density at radius 2 is 2.27 bits per heavy atom. The van der Waals surface area contributed by atoms with Crippen molar-refractivity contribution in [3.8, 4) is 0 Å². The van der Waals surface area contributed by atoms with E-state index in [0.717, 1.165) is 6.20 Å². The van der Waals surface area contributed by atoms with E-state index in [4.69, 9.17) is 5.73 Å². The van der Waals surface area contributed by atoms with Gasteiger partial charge < -0.3 is 5.73 Å². The van der Waals surface area contributed by atoms with Crippen LogP contribution >= 0.6 is 22.6 Å². The molecule has 0 amide bonds. The number of nitrogens with two attached hydrogens (primary N) is 1. The highest BCUT2D eigenvalue weighted by Crippen LogP contribution is 2.31. The molecule has 0 unspecified atom stereocenters. The summed E-state index contributed by atoms with van der Waals surface area (Å²) in [5.41, 5.74) is 4.43. The van der Waals surface area contributed by atoms with Gasteiger partial charge in [0.05, 0.1) is 10.5 Å². The predicted octanol–water partition coefficient (Wildman–Crippen LogP) is 1.99. The van der Waals surface area contributed by atoms with Gasteiger partial charge in [0, 0.05) is 12.7 Å². The average molecular weight is 329 g/mol. The molecule has 82 valence electrons. The molecule has 0 saturated carbocycles. The molecule has 0 fully saturated rings. The Labute approximate surface area is 97.0 Å². The van der Waals surface area contributed by atoms with Gasteiger partial charge in [0.25, 0.3) is 12.1 Å². The summed E-state index contributed by atoms with van der Waals surface area (Å²) < 4.78 is 24.6. The summed E-state index contributed by atoms with van der Waals surface area (Å²) in [6, 6.07) is 0. The predicted molar refractivity (Wildman–Crippen MR) is 56.5 cm³/mol. The average Bonchev–Trinajstić information content (AvgIpc) is 2.15. The second-order valence-corrected chi connectivity index (χ2v) is 3.67. The molecule has 0 spiro atoms. The fraction of sp³-hybridized carbons (Fsp3) is 0.286. The third-order valence-electron chi connectivity index (χ3n) is 1.71. The van der Waals surface area contributed by atoms with Crippen LogP contribution in [-0.4, -0.2) is 9.91 Å². The van der Waals surface area contributed by atoms with Crippen LogP contribution in [0.5, 0.6) is 0 Å². The zero-order valence-corrected chi connectivity index (χ0v) is 9.44. The molecule has 1 aromatic heterocycles. The fourth-order valence-electron chi connectivity index (χ4n) is 1.03. The summed E-state index contributed by atoms with van der Waals surface area (Å²) in [6.07, 6.45) is -1.82. The Kier molecular flexibility index (Phi) is 3.85. The number of hydrogen-bond donors (Lipinski definition) is 1. The first-order chi connectivity index (χ1) is 6.99. The van der Waals surface area contributed by atoms with Gasteiger partial charge in [0.2, 0.25) is 0 Å². The molecular formula is C7H6F2IN3O2. The van der Waals surface area contributed by atoms with E-state index >= 15 is 0 Å². The van der Waals surface area contributed by atoms with E-state index in [2.05, 4.69) is 4.98 Å². The van der Waals surface area contributed by atoms with E-state index in [0.29, 0.717) is 0 Å². The summed E-state index contributed by atoms with van der Waals surface area (Å²) in [6.45, 7) is -0.108. The number of rotatable bonds is 3. The van der Waals surface area contributed by atoms with Crippen LogP contribution in [0.1, 0.15) is 17.7 Å². The van der Waals surface area contributed by atoms with Crippen molar-refractivity contribution in [1.29, 1.82) is 0 Å². The Balaban J connectivity index is 3.42. The minimum atomic E-state index is -2.83. The maximum atomic E-state index is 12.4. The molecule has 0 aliphatic carbocycles. The highest BCUT2D eigenvalue weighted by Gasteiger charge is 2.25. The molecule has 15 heavy (non-hydrogen) atoms. The van der Waals surface area contributed by atoms with Gasteiger partial charge in [0.1, 0.15) is 9.26 Å². The molecule has 1 rings (SSSR count). The van der Waals surface area contributed by atoms with Gasteiger partial charge in [0.15, 0.2) is 0 Å². The van der Waals surface area contributed by atoms with E-state index in [1.54, 1.807) is 0 Å². The van der Waals surface area contributed by atoms with Crippen LogP contribution in [0.25, 0.3) is 0 Å². The van der Waals surface area contributed by atoms with E-state index in [9.17, 15) is 18.9 Å². The van der Waals surface area contributed by atoms with Crippen LogP contribution in [0.3, 0.4) is 0 Å². The highest BCUT2D eigenvalue weighted by atomic mass is 127. The smallest absolute Gasteiger partial charge is 0.290 e. The van der Waals surface area contributed by atoms with Crippen molar-refractivity contribution in [2.24, 2.45) is 5.73 Å². The first-order valence-corrected chi connectivity index (χ1v) is 4.86. The van der Waals surface area contributed by atoms with Crippen molar-refractivity contribution in [3.05, 3.63) is 31.1 Å². The van der Waals surface area contributed by atoms with E-state index in [1.807, 2.05) is 0 Å². The fourth-order valence-corrected chi connectivity index (χ4v) is 1.94. The van der Waals surface area contributed by atoms with E-state index < -0.39 is 17.0 Å². The summed E-state index contributed by atoms with van der Waals surface area (Å²) in [5, 5.41) is 10.6. The third kappa shape index (κ3) is 2.37. The van der Waals surface area contributed by atoms with Crippen LogP contribution in [0.4, 0.5) is 14.5 Å². The molecule has 5 nitrogen and oxygen atoms in total. The minimum Gasteiger partial charge on any atom is -0.326 e. The van der Waals surface area contributed by atoms with Crippen molar-refractivity contribution in [1.82, 2.24) is 4.98 Å². The van der Waals surface area contributed by atoms with Crippen molar-refractivity contribution in [2.45, 2.75) is 13.0 Å². The molecule has 0 aliphatic rings. The molecule has 0 saturated heterocycles. The van der Waals surface area contributed by atoms with Crippen LogP contribution in [-0.2, 0) is 6.54 Å². The van der Waals surface area contributed by atoms with Crippen molar-refractivity contribution < 1.29 is 13.7 Å². The van der Waals surface area contributed by atoms with Crippen molar-refractivity contribution in [2.75, 3.05) is 0 Å². The van der Waals surface area contributed by atoms with Crippen LogP contribution in [0.2, 0.25) is 0 Å². The molecule has 8 heteroatoms. The number of aromatic nitrogens is 1. The molecule has 0 atom stereocenters. The maximum Gasteiger partial charge on any atom is 0.290 e. The highest BCUT2D eigenvalue weighted by molar-refractivity contribution is 14.1. The maximum absolute atomic E-state index is 12.4. The number of nitro groups is 1. The summed E-state index contributed by atoms with van der Waals surface area (Å²) in [5.74, 6) is 0. The van der Waals surface area contributed by atoms with Crippen LogP contribution in [0, 0.1) is 13.7 Å². The van der Waals surface area contributed by atoms with Crippen molar-refractivity contribution in [3.63, 3.8) is 0 Å². The quantitative estimate of drug-likeness (QED) is 0.522. The number of halogens is 3. The Hall–Kier alpha value is -0.900. The molecule has 0 aromatic carbocycles. The molecule has 1 heterocycles. The lowest BCUT2D eigenvalue weighted by atomic mass is 10.2. The lowest BCUT2D eigenvalue weighted by Gasteiger charge is -2.05. The lowest BCUT2D eigenvalue weighted by Crippen LogP contribution is -2.07. The van der Waals surface area contributed by atoms with Crippen LogP contribution in [0.15, 0.2) is 6.20 Å². The van der Waals surface area contributed by atoms with Crippen molar-refractivity contribution >= 4 is 28.3 Å². The van der Waals surface area contributed by atoms with Gasteiger partial charge >= 0.3 is 0 Å². The van der Waals surface area contributed by atoms with Gasteiger partial charge in [-0.25, -0.2) is 8.78 Å². The van der Waals surface area contributed by atoms with Gasteiger partial charge in [-0.2, -0.15) is 0 Å². The van der Waals surface area contributed by atoms with Crippen LogP contribution < -0.4 is 5.73 Å². The van der Waals surface area contributed by atoms with E-state index in [1.165, 1.54) is 22.6 Å². The zero-order valence-electron chi connectivity index (χ0n) is 7.28. The first-order valence-electron chi connectivity index (χ1n) is 3.79. The largest absolute Gasteiger partial charge is 0.326 e. The normalized spacial score (nSPS) is 10.7. The zero-order chi connectivity index (χ0) is 11.6. The SMILES string of the molecule is NCc1cnc(C(F)F)c(I)c1[N+](=O)[O-]. The molecule has 1 aromatic rings. The number of hydrogen-bond acceptors (Lipinski definition) is 4.